The monoisotopic (exact) mass is 253 g/mol. The number of ether oxygens (including phenoxy) is 2. The quantitative estimate of drug-likeness (QED) is 0.781. The van der Waals surface area contributed by atoms with Crippen molar-refractivity contribution in [2.24, 2.45) is 0 Å². The summed E-state index contributed by atoms with van der Waals surface area (Å²) in [6.07, 6.45) is 1.01. The standard InChI is InChI=1S/C14H23NO3/c1-5-10(2)15-14(9-16)11-6-12(17-3)8-13(7-11)18-4/h6-8,10,14-16H,5,9H2,1-4H3. The van der Waals surface area contributed by atoms with Gasteiger partial charge in [-0.25, -0.2) is 0 Å². The Balaban J connectivity index is 2.96. The second-order valence-electron chi connectivity index (χ2n) is 4.36. The molecule has 4 heteroatoms. The van der Waals surface area contributed by atoms with Gasteiger partial charge in [-0.2, -0.15) is 0 Å². The van der Waals surface area contributed by atoms with Gasteiger partial charge in [0.1, 0.15) is 11.5 Å². The molecule has 2 N–H and O–H groups in total. The molecule has 0 saturated heterocycles. The fraction of sp³-hybridized carbons (Fsp3) is 0.571. The van der Waals surface area contributed by atoms with Crippen molar-refractivity contribution in [2.45, 2.75) is 32.4 Å². The molecule has 1 rings (SSSR count). The topological polar surface area (TPSA) is 50.7 Å². The first kappa shape index (κ1) is 14.8. The van der Waals surface area contributed by atoms with E-state index in [1.807, 2.05) is 18.2 Å². The first-order valence-corrected chi connectivity index (χ1v) is 6.24. The zero-order chi connectivity index (χ0) is 13.5. The Labute approximate surface area is 109 Å². The fourth-order valence-electron chi connectivity index (χ4n) is 1.75. The predicted molar refractivity (Wildman–Crippen MR) is 72.3 cm³/mol. The summed E-state index contributed by atoms with van der Waals surface area (Å²) in [5.41, 5.74) is 0.967. The lowest BCUT2D eigenvalue weighted by atomic mass is 10.1. The molecule has 0 radical (unpaired) electrons. The van der Waals surface area contributed by atoms with Crippen LogP contribution in [0.15, 0.2) is 18.2 Å². The van der Waals surface area contributed by atoms with Crippen molar-refractivity contribution in [3.8, 4) is 11.5 Å². The van der Waals surface area contributed by atoms with Crippen molar-refractivity contribution in [3.63, 3.8) is 0 Å². The summed E-state index contributed by atoms with van der Waals surface area (Å²) < 4.78 is 10.5. The van der Waals surface area contributed by atoms with Gasteiger partial charge in [0.05, 0.1) is 26.9 Å². The zero-order valence-electron chi connectivity index (χ0n) is 11.6. The minimum Gasteiger partial charge on any atom is -0.497 e. The van der Waals surface area contributed by atoms with Crippen molar-refractivity contribution >= 4 is 0 Å². The Kier molecular flexibility index (Phi) is 5.95. The van der Waals surface area contributed by atoms with Crippen molar-refractivity contribution < 1.29 is 14.6 Å². The zero-order valence-corrected chi connectivity index (χ0v) is 11.6. The first-order chi connectivity index (χ1) is 8.64. The molecule has 1 aromatic carbocycles. The lowest BCUT2D eigenvalue weighted by Crippen LogP contribution is -2.32. The summed E-state index contributed by atoms with van der Waals surface area (Å²) in [5.74, 6) is 1.46. The van der Waals surface area contributed by atoms with Gasteiger partial charge in [0, 0.05) is 12.1 Å². The number of benzene rings is 1. The van der Waals surface area contributed by atoms with Gasteiger partial charge in [0.15, 0.2) is 0 Å². The molecule has 0 heterocycles. The SMILES string of the molecule is CCC(C)NC(CO)c1cc(OC)cc(OC)c1. The Morgan fingerprint density at radius 1 is 1.17 bits per heavy atom. The van der Waals surface area contributed by atoms with Gasteiger partial charge >= 0.3 is 0 Å². The lowest BCUT2D eigenvalue weighted by Gasteiger charge is -2.22. The van der Waals surface area contributed by atoms with E-state index in [1.165, 1.54) is 0 Å². The minimum atomic E-state index is -0.107. The molecule has 102 valence electrons. The average molecular weight is 253 g/mol. The number of aliphatic hydroxyl groups excluding tert-OH is 1. The molecule has 0 saturated carbocycles. The maximum atomic E-state index is 9.51. The van der Waals surface area contributed by atoms with E-state index in [4.69, 9.17) is 9.47 Å². The summed E-state index contributed by atoms with van der Waals surface area (Å²) in [4.78, 5) is 0. The van der Waals surface area contributed by atoms with Gasteiger partial charge in [-0.3, -0.25) is 0 Å². The van der Waals surface area contributed by atoms with Crippen LogP contribution in [-0.2, 0) is 0 Å². The van der Waals surface area contributed by atoms with Gasteiger partial charge in [-0.15, -0.1) is 0 Å². The van der Waals surface area contributed by atoms with E-state index in [2.05, 4.69) is 19.2 Å². The summed E-state index contributed by atoms with van der Waals surface area (Å²) in [6, 6.07) is 5.89. The van der Waals surface area contributed by atoms with Crippen LogP contribution in [0.25, 0.3) is 0 Å². The summed E-state index contributed by atoms with van der Waals surface area (Å²) in [6.45, 7) is 4.25. The van der Waals surface area contributed by atoms with Crippen molar-refractivity contribution in [1.82, 2.24) is 5.32 Å². The third-order valence-corrected chi connectivity index (χ3v) is 3.06. The normalized spacial score (nSPS) is 14.1. The first-order valence-electron chi connectivity index (χ1n) is 6.24. The number of nitrogens with one attached hydrogen (secondary N) is 1. The smallest absolute Gasteiger partial charge is 0.122 e. The van der Waals surface area contributed by atoms with Gasteiger partial charge in [0.25, 0.3) is 0 Å². The Morgan fingerprint density at radius 3 is 2.11 bits per heavy atom. The molecule has 1 aromatic rings. The molecule has 2 unspecified atom stereocenters. The maximum Gasteiger partial charge on any atom is 0.122 e. The third kappa shape index (κ3) is 3.89. The molecule has 18 heavy (non-hydrogen) atoms. The molecule has 0 aromatic heterocycles. The lowest BCUT2D eigenvalue weighted by molar-refractivity contribution is 0.233. The van der Waals surface area contributed by atoms with Gasteiger partial charge in [-0.1, -0.05) is 6.92 Å². The molecule has 0 aliphatic carbocycles. The molecule has 4 nitrogen and oxygen atoms in total. The fourth-order valence-corrected chi connectivity index (χ4v) is 1.75. The summed E-state index contributed by atoms with van der Waals surface area (Å²) in [7, 11) is 3.24. The van der Waals surface area contributed by atoms with E-state index in [-0.39, 0.29) is 12.6 Å². The highest BCUT2D eigenvalue weighted by Crippen LogP contribution is 2.26. The van der Waals surface area contributed by atoms with Gasteiger partial charge in [-0.05, 0) is 31.0 Å². The third-order valence-electron chi connectivity index (χ3n) is 3.06. The van der Waals surface area contributed by atoms with E-state index >= 15 is 0 Å². The molecule has 2 atom stereocenters. The second-order valence-corrected chi connectivity index (χ2v) is 4.36. The molecule has 0 aliphatic heterocycles. The van der Waals surface area contributed by atoms with Crippen molar-refractivity contribution in [3.05, 3.63) is 23.8 Å². The highest BCUT2D eigenvalue weighted by atomic mass is 16.5. The van der Waals surface area contributed by atoms with Crippen LogP contribution in [0.3, 0.4) is 0 Å². The van der Waals surface area contributed by atoms with Crippen LogP contribution in [0.1, 0.15) is 31.9 Å². The minimum absolute atomic E-state index is 0.0423. The molecule has 0 amide bonds. The summed E-state index contributed by atoms with van der Waals surface area (Å²) >= 11 is 0. The number of hydrogen-bond donors (Lipinski definition) is 2. The average Bonchev–Trinajstić information content (AvgIpc) is 2.43. The largest absolute Gasteiger partial charge is 0.497 e. The number of rotatable bonds is 7. The van der Waals surface area contributed by atoms with Gasteiger partial charge < -0.3 is 19.9 Å². The molecular weight excluding hydrogens is 230 g/mol. The van der Waals surface area contributed by atoms with E-state index in [1.54, 1.807) is 14.2 Å². The second kappa shape index (κ2) is 7.24. The molecule has 0 spiro atoms. The van der Waals surface area contributed by atoms with Crippen LogP contribution >= 0.6 is 0 Å². The van der Waals surface area contributed by atoms with E-state index in [0.29, 0.717) is 6.04 Å². The number of methoxy groups -OCH3 is 2. The van der Waals surface area contributed by atoms with Gasteiger partial charge in [0.2, 0.25) is 0 Å². The highest BCUT2D eigenvalue weighted by molar-refractivity contribution is 5.39. The Hall–Kier alpha value is -1.26. The molecule has 0 bridgehead atoms. The van der Waals surface area contributed by atoms with E-state index in [0.717, 1.165) is 23.5 Å². The highest BCUT2D eigenvalue weighted by Gasteiger charge is 2.14. The van der Waals surface area contributed by atoms with Crippen LogP contribution in [0.5, 0.6) is 11.5 Å². The van der Waals surface area contributed by atoms with Crippen molar-refractivity contribution in [2.75, 3.05) is 20.8 Å². The molecule has 0 aliphatic rings. The Bertz CT molecular complexity index is 346. The van der Waals surface area contributed by atoms with Crippen LogP contribution in [0.4, 0.5) is 0 Å². The Morgan fingerprint density at radius 2 is 1.72 bits per heavy atom. The molecular formula is C14H23NO3. The van der Waals surface area contributed by atoms with E-state index in [9.17, 15) is 5.11 Å². The number of aliphatic hydroxyl groups is 1. The van der Waals surface area contributed by atoms with Crippen molar-refractivity contribution in [1.29, 1.82) is 0 Å². The van der Waals surface area contributed by atoms with Crippen LogP contribution in [0, 0.1) is 0 Å². The maximum absolute atomic E-state index is 9.51. The predicted octanol–water partition coefficient (Wildman–Crippen LogP) is 2.13. The molecule has 0 fully saturated rings. The van der Waals surface area contributed by atoms with Crippen LogP contribution in [0.2, 0.25) is 0 Å². The van der Waals surface area contributed by atoms with E-state index < -0.39 is 0 Å². The van der Waals surface area contributed by atoms with Crippen LogP contribution < -0.4 is 14.8 Å². The summed E-state index contributed by atoms with van der Waals surface area (Å²) in [5, 5.41) is 12.9. The number of hydrogen-bond acceptors (Lipinski definition) is 4. The van der Waals surface area contributed by atoms with Crippen LogP contribution in [-0.4, -0.2) is 32.0 Å².